The highest BCUT2D eigenvalue weighted by Crippen LogP contribution is 2.38. The molecule has 1 saturated carbocycles. The van der Waals surface area contributed by atoms with E-state index in [1.165, 1.54) is 17.7 Å². The largest absolute Gasteiger partial charge is 0.497 e. The van der Waals surface area contributed by atoms with Crippen molar-refractivity contribution < 1.29 is 14.3 Å². The van der Waals surface area contributed by atoms with E-state index < -0.39 is 0 Å². The summed E-state index contributed by atoms with van der Waals surface area (Å²) in [5, 5.41) is 5.35. The Morgan fingerprint density at radius 2 is 1.96 bits per heavy atom. The van der Waals surface area contributed by atoms with Gasteiger partial charge in [0.25, 0.3) is 0 Å². The number of hydrogen-bond acceptors (Lipinski definition) is 4. The molecule has 2 atom stereocenters. The Labute approximate surface area is 169 Å². The standard InChI is InChI=1S/C22H26N2O3S/c1-27-18-10-8-17(9-11-18)24-14-16(13-20(24)25)22(26)23-21(15-5-2-3-6-15)19-7-4-12-28-19/h4,7-12,15-16,21H,2-3,5-6,13-14H2,1H3,(H,23,26)/t16-,21+/m0/s1. The molecule has 1 aromatic heterocycles. The van der Waals surface area contributed by atoms with Gasteiger partial charge < -0.3 is 15.0 Å². The minimum Gasteiger partial charge on any atom is -0.497 e. The van der Waals surface area contributed by atoms with E-state index in [0.29, 0.717) is 12.5 Å². The number of carbonyl (C=O) groups is 2. The number of rotatable bonds is 6. The molecular formula is C22H26N2O3S. The first kappa shape index (κ1) is 19.0. The van der Waals surface area contributed by atoms with Gasteiger partial charge in [0.05, 0.1) is 19.1 Å². The molecule has 2 fully saturated rings. The molecule has 2 amide bonds. The van der Waals surface area contributed by atoms with E-state index in [1.54, 1.807) is 23.3 Å². The Kier molecular flexibility index (Phi) is 5.67. The lowest BCUT2D eigenvalue weighted by Crippen LogP contribution is -2.37. The van der Waals surface area contributed by atoms with E-state index in [1.807, 2.05) is 30.3 Å². The smallest absolute Gasteiger partial charge is 0.227 e. The molecule has 28 heavy (non-hydrogen) atoms. The zero-order chi connectivity index (χ0) is 19.5. The first-order valence-electron chi connectivity index (χ1n) is 9.94. The number of methoxy groups -OCH3 is 1. The maximum atomic E-state index is 13.0. The number of carbonyl (C=O) groups excluding carboxylic acids is 2. The van der Waals surface area contributed by atoms with Crippen LogP contribution in [0.5, 0.6) is 5.75 Å². The Morgan fingerprint density at radius 1 is 1.21 bits per heavy atom. The molecule has 5 nitrogen and oxygen atoms in total. The lowest BCUT2D eigenvalue weighted by molar-refractivity contribution is -0.127. The highest BCUT2D eigenvalue weighted by molar-refractivity contribution is 7.10. The Bertz CT molecular complexity index is 813. The minimum absolute atomic E-state index is 0.00106. The molecule has 1 aliphatic heterocycles. The molecule has 2 aromatic rings. The molecule has 1 saturated heterocycles. The normalized spacial score (nSPS) is 21.1. The van der Waals surface area contributed by atoms with Crippen molar-refractivity contribution in [3.63, 3.8) is 0 Å². The van der Waals surface area contributed by atoms with Crippen molar-refractivity contribution in [1.29, 1.82) is 0 Å². The fourth-order valence-corrected chi connectivity index (χ4v) is 5.22. The summed E-state index contributed by atoms with van der Waals surface area (Å²) in [5.74, 6) is 0.935. The lowest BCUT2D eigenvalue weighted by atomic mass is 9.95. The van der Waals surface area contributed by atoms with Crippen LogP contribution in [0.15, 0.2) is 41.8 Å². The van der Waals surface area contributed by atoms with Crippen LogP contribution in [0.1, 0.15) is 43.0 Å². The van der Waals surface area contributed by atoms with Crippen molar-refractivity contribution in [2.45, 2.75) is 38.1 Å². The molecule has 2 aliphatic rings. The monoisotopic (exact) mass is 398 g/mol. The van der Waals surface area contributed by atoms with Gasteiger partial charge in [-0.3, -0.25) is 9.59 Å². The summed E-state index contributed by atoms with van der Waals surface area (Å²) in [6, 6.07) is 11.6. The summed E-state index contributed by atoms with van der Waals surface area (Å²) in [7, 11) is 1.62. The SMILES string of the molecule is COc1ccc(N2C[C@@H](C(=O)N[C@@H](c3cccs3)C3CCCC3)CC2=O)cc1. The van der Waals surface area contributed by atoms with Crippen LogP contribution in [-0.4, -0.2) is 25.5 Å². The summed E-state index contributed by atoms with van der Waals surface area (Å²) in [5.41, 5.74) is 0.812. The van der Waals surface area contributed by atoms with Crippen molar-refractivity contribution >= 4 is 28.8 Å². The van der Waals surface area contributed by atoms with Gasteiger partial charge in [0.1, 0.15) is 5.75 Å². The molecule has 2 heterocycles. The Hall–Kier alpha value is -2.34. The average molecular weight is 399 g/mol. The third-order valence-corrected chi connectivity index (χ3v) is 6.85. The second kappa shape index (κ2) is 8.35. The van der Waals surface area contributed by atoms with Gasteiger partial charge in [-0.2, -0.15) is 0 Å². The zero-order valence-corrected chi connectivity index (χ0v) is 16.9. The molecule has 148 valence electrons. The fraction of sp³-hybridized carbons (Fsp3) is 0.455. The Morgan fingerprint density at radius 3 is 2.61 bits per heavy atom. The molecule has 1 aromatic carbocycles. The van der Waals surface area contributed by atoms with Gasteiger partial charge in [-0.25, -0.2) is 0 Å². The zero-order valence-electron chi connectivity index (χ0n) is 16.1. The molecule has 6 heteroatoms. The van der Waals surface area contributed by atoms with Crippen molar-refractivity contribution in [3.8, 4) is 5.75 Å². The van der Waals surface area contributed by atoms with Crippen LogP contribution in [0.3, 0.4) is 0 Å². The van der Waals surface area contributed by atoms with Crippen LogP contribution in [0.4, 0.5) is 5.69 Å². The molecular weight excluding hydrogens is 372 g/mol. The van der Waals surface area contributed by atoms with Crippen molar-refractivity contribution in [2.75, 3.05) is 18.6 Å². The van der Waals surface area contributed by atoms with Crippen molar-refractivity contribution in [1.82, 2.24) is 5.32 Å². The molecule has 1 N–H and O–H groups in total. The number of benzene rings is 1. The third-order valence-electron chi connectivity index (χ3n) is 5.90. The van der Waals surface area contributed by atoms with Gasteiger partial charge in [0.2, 0.25) is 11.8 Å². The molecule has 4 rings (SSSR count). The first-order valence-corrected chi connectivity index (χ1v) is 10.8. The number of ether oxygens (including phenoxy) is 1. The summed E-state index contributed by atoms with van der Waals surface area (Å²) >= 11 is 1.70. The van der Waals surface area contributed by atoms with Crippen molar-refractivity contribution in [3.05, 3.63) is 46.7 Å². The van der Waals surface area contributed by atoms with Crippen LogP contribution >= 0.6 is 11.3 Å². The van der Waals surface area contributed by atoms with E-state index in [-0.39, 0.29) is 30.2 Å². The number of thiophene rings is 1. The topological polar surface area (TPSA) is 58.6 Å². The molecule has 0 bridgehead atoms. The van der Waals surface area contributed by atoms with Gasteiger partial charge in [-0.05, 0) is 54.5 Å². The second-order valence-electron chi connectivity index (χ2n) is 7.65. The predicted molar refractivity (Wildman–Crippen MR) is 111 cm³/mol. The van der Waals surface area contributed by atoms with E-state index in [4.69, 9.17) is 4.74 Å². The number of anilines is 1. The van der Waals surface area contributed by atoms with Crippen LogP contribution in [-0.2, 0) is 9.59 Å². The van der Waals surface area contributed by atoms with Gasteiger partial charge in [-0.15, -0.1) is 11.3 Å². The average Bonchev–Trinajstić information content (AvgIpc) is 3.48. The summed E-state index contributed by atoms with van der Waals surface area (Å²) in [6.45, 7) is 0.429. The molecule has 1 aliphatic carbocycles. The summed E-state index contributed by atoms with van der Waals surface area (Å²) in [4.78, 5) is 28.5. The van der Waals surface area contributed by atoms with Gasteiger partial charge in [-0.1, -0.05) is 18.9 Å². The third kappa shape index (κ3) is 3.92. The highest BCUT2D eigenvalue weighted by atomic mass is 32.1. The van der Waals surface area contributed by atoms with Crippen LogP contribution in [0.2, 0.25) is 0 Å². The first-order chi connectivity index (χ1) is 13.7. The number of nitrogens with zero attached hydrogens (tertiary/aromatic N) is 1. The molecule has 0 unspecified atom stereocenters. The predicted octanol–water partition coefficient (Wildman–Crippen LogP) is 4.16. The summed E-state index contributed by atoms with van der Waals surface area (Å²) in [6.07, 6.45) is 5.04. The fourth-order valence-electron chi connectivity index (χ4n) is 4.35. The van der Waals surface area contributed by atoms with E-state index in [9.17, 15) is 9.59 Å². The maximum Gasteiger partial charge on any atom is 0.227 e. The van der Waals surface area contributed by atoms with E-state index in [0.717, 1.165) is 24.3 Å². The minimum atomic E-state index is -0.307. The quantitative estimate of drug-likeness (QED) is 0.795. The highest BCUT2D eigenvalue weighted by Gasteiger charge is 2.37. The van der Waals surface area contributed by atoms with Crippen LogP contribution < -0.4 is 15.0 Å². The van der Waals surface area contributed by atoms with Crippen LogP contribution in [0, 0.1) is 11.8 Å². The maximum absolute atomic E-state index is 13.0. The second-order valence-corrected chi connectivity index (χ2v) is 8.63. The number of hydrogen-bond donors (Lipinski definition) is 1. The molecule has 0 radical (unpaired) electrons. The van der Waals surface area contributed by atoms with Crippen molar-refractivity contribution in [2.24, 2.45) is 11.8 Å². The van der Waals surface area contributed by atoms with Crippen LogP contribution in [0.25, 0.3) is 0 Å². The molecule has 0 spiro atoms. The summed E-state index contributed by atoms with van der Waals surface area (Å²) < 4.78 is 5.18. The number of amides is 2. The van der Waals surface area contributed by atoms with Gasteiger partial charge in [0.15, 0.2) is 0 Å². The van der Waals surface area contributed by atoms with Gasteiger partial charge >= 0.3 is 0 Å². The Balaban J connectivity index is 1.44. The van der Waals surface area contributed by atoms with E-state index >= 15 is 0 Å². The lowest BCUT2D eigenvalue weighted by Gasteiger charge is -2.25. The van der Waals surface area contributed by atoms with Gasteiger partial charge in [0, 0.05) is 23.5 Å². The van der Waals surface area contributed by atoms with E-state index in [2.05, 4.69) is 16.8 Å². The number of nitrogens with one attached hydrogen (secondary N) is 1.